The van der Waals surface area contributed by atoms with Crippen molar-refractivity contribution in [1.29, 1.82) is 0 Å². The Morgan fingerprint density at radius 1 is 0.422 bits per heavy atom. The Kier molecular flexibility index (Phi) is 55.2. The van der Waals surface area contributed by atoms with Crippen molar-refractivity contribution in [3.8, 4) is 41.4 Å². The van der Waals surface area contributed by atoms with E-state index in [0.29, 0.717) is 56.3 Å². The maximum absolute atomic E-state index is 12.3. The second-order valence-corrected chi connectivity index (χ2v) is 30.0. The number of ether oxygens (including phenoxy) is 3. The highest BCUT2D eigenvalue weighted by atomic mass is 79.9. The van der Waals surface area contributed by atoms with E-state index in [1.54, 1.807) is 98.0 Å². The minimum atomic E-state index is -4.28. The van der Waals surface area contributed by atoms with Crippen LogP contribution < -0.4 is 25.7 Å². The number of ketones is 3. The van der Waals surface area contributed by atoms with Crippen LogP contribution in [0.15, 0.2) is 241 Å². The number of rotatable bonds is 25. The highest BCUT2D eigenvalue weighted by molar-refractivity contribution is 9.11. The number of hydrogen-bond donors (Lipinski definition) is 2. The number of alkyl halides is 22. The second-order valence-electron chi connectivity index (χ2n) is 25.2. The zero-order chi connectivity index (χ0) is 97.0. The second kappa shape index (κ2) is 60.8. The third-order valence-corrected chi connectivity index (χ3v) is 17.7. The normalized spacial score (nSPS) is 10.8. The highest BCUT2D eigenvalue weighted by Gasteiger charge is 2.30. The van der Waals surface area contributed by atoms with Gasteiger partial charge in [-0.15, -0.1) is 6.42 Å². The van der Waals surface area contributed by atoms with E-state index in [1.165, 1.54) is 98.1 Å². The maximum Gasteiger partial charge on any atom is 0.389 e. The number of aliphatic imine (C=N–C) groups is 1. The molecule has 4 N–H and O–H groups in total. The van der Waals surface area contributed by atoms with Crippen LogP contribution in [0.1, 0.15) is 143 Å². The van der Waals surface area contributed by atoms with Crippen LogP contribution in [0.5, 0.6) is 17.2 Å². The molecule has 0 aliphatic heterocycles. The summed E-state index contributed by atoms with van der Waals surface area (Å²) in [4.78, 5) is 66.1. The molecule has 0 radical (unpaired) electrons. The smallest absolute Gasteiger partial charge is 0.389 e. The molecule has 128 heavy (non-hydrogen) atoms. The number of terminal acetylenes is 1. The Balaban J connectivity index is 0.000000748. The first-order chi connectivity index (χ1) is 59.7. The summed E-state index contributed by atoms with van der Waals surface area (Å²) in [5.41, 5.74) is 15.3. The van der Waals surface area contributed by atoms with Gasteiger partial charge in [0.2, 0.25) is 11.6 Å². The first-order valence-electron chi connectivity index (χ1n) is 36.6. The fourth-order valence-corrected chi connectivity index (χ4v) is 11.4. The third kappa shape index (κ3) is 58.5. The molecular formula is C88H79Br5ClF21N4O9. The summed E-state index contributed by atoms with van der Waals surface area (Å²) in [6, 6.07) is 57.1. The van der Waals surface area contributed by atoms with Gasteiger partial charge in [0.25, 0.3) is 11.1 Å². The number of hydroxylamine groups is 2. The minimum absolute atomic E-state index is 0.00347. The summed E-state index contributed by atoms with van der Waals surface area (Å²) in [5, 5.41) is 0.749. The van der Waals surface area contributed by atoms with E-state index in [2.05, 4.69) is 117 Å². The van der Waals surface area contributed by atoms with Crippen LogP contribution in [0.4, 0.5) is 92.2 Å². The van der Waals surface area contributed by atoms with E-state index in [4.69, 9.17) is 34.3 Å². The molecule has 0 bridgehead atoms. The van der Waals surface area contributed by atoms with Gasteiger partial charge in [0, 0.05) is 108 Å². The van der Waals surface area contributed by atoms with Gasteiger partial charge < -0.3 is 25.7 Å². The molecule has 0 unspecified atom stereocenters. The summed E-state index contributed by atoms with van der Waals surface area (Å²) in [5.74, 6) is 5.94. The predicted octanol–water partition coefficient (Wildman–Crippen LogP) is 27.5. The average molecular weight is 2170 g/mol. The number of nitrogens with zero attached hydrogens (tertiary/aromatic N) is 2. The predicted molar refractivity (Wildman–Crippen MR) is 463 cm³/mol. The van der Waals surface area contributed by atoms with Gasteiger partial charge in [0.05, 0.1) is 20.0 Å². The van der Waals surface area contributed by atoms with E-state index in [1.807, 2.05) is 36.4 Å². The number of Topliss-reactive ketones (excluding diaryl/α,β-unsaturated/α-hetero) is 3. The Morgan fingerprint density at radius 3 is 1.11 bits per heavy atom. The molecule has 0 aromatic heterocycles. The van der Waals surface area contributed by atoms with Crippen molar-refractivity contribution >= 4 is 126 Å². The number of guanidine groups is 1. The van der Waals surface area contributed by atoms with Crippen molar-refractivity contribution in [2.75, 3.05) is 26.5 Å². The lowest BCUT2D eigenvalue weighted by molar-refractivity contribution is -0.136. The molecule has 0 atom stereocenters. The Bertz CT molecular complexity index is 4970. The van der Waals surface area contributed by atoms with E-state index in [0.717, 1.165) is 36.7 Å². The highest BCUT2D eigenvalue weighted by Crippen LogP contribution is 2.29. The molecule has 9 rings (SSSR count). The van der Waals surface area contributed by atoms with Gasteiger partial charge in [-0.3, -0.25) is 33.8 Å². The van der Waals surface area contributed by atoms with Gasteiger partial charge in [-0.1, -0.05) is 170 Å². The van der Waals surface area contributed by atoms with Gasteiger partial charge >= 0.3 is 50.7 Å². The monoisotopic (exact) mass is 2160 g/mol. The molecule has 13 nitrogen and oxygen atoms in total. The van der Waals surface area contributed by atoms with Gasteiger partial charge in [0.1, 0.15) is 17.2 Å². The molecular weight excluding hydrogens is 2090 g/mol. The van der Waals surface area contributed by atoms with Gasteiger partial charge in [-0.05, 0) is 212 Å². The standard InChI is InChI=1S/C19H15F5O3.C19H15F5O.C10H8BrF3O.C10H10BrF3.C9H10BrNO2.C9H6F2O.C7H4BrClO.C3H4BrF3.C2H7N3/c20-18(21)27-15-8-6-13(7-9-15)16(25)17(26)14-5-1-3-12(11-14)4-2-10-19(22,23)24;20-18(21)25-17-10-8-14(9-11-17)6-7-16-4-1-3-15(13-16)5-2-12-19(22,23)24;11-8-3-1-2-7(6-8)9(15)4-5-10(12,13)14;11-9-5-1-3-8(7-9)4-2-6-10(12,13)14;1-11(13-2)9(12)7-4-3-5-8(10)6-7;1-2-7-3-5-8(6-4-7)12-9(10)11;8-6-3-1-2-5(4-6)7(9)10;4-2-1-3(5,6)7;1-5-2(3)4/h1,3,5-9,11,18H,2,4,10H2;1,3-4,8-11,13,18H,2,5,12H2;1-3,6H,4-5H2;1,3,5,7H,2,4,6H2;3-6H,1-2H3;1,3-6,9H;1-4H;1-2H2;1H3,(H4,3,4,5). The summed E-state index contributed by atoms with van der Waals surface area (Å²) < 4.78 is 265. The zero-order valence-corrected chi connectivity index (χ0v) is 75.9. The molecule has 1 amide bonds. The number of hydrogen-bond acceptors (Lipinski definition) is 10. The van der Waals surface area contributed by atoms with Crippen molar-refractivity contribution in [2.24, 2.45) is 16.5 Å². The first kappa shape index (κ1) is 116. The van der Waals surface area contributed by atoms with Crippen molar-refractivity contribution in [3.05, 3.63) is 297 Å². The number of carbonyl (C=O) groups excluding carboxylic acids is 5. The molecule has 0 aliphatic carbocycles. The molecule has 0 heterocycles. The molecule has 40 heteroatoms. The van der Waals surface area contributed by atoms with Gasteiger partial charge in [-0.25, -0.2) is 5.06 Å². The summed E-state index contributed by atoms with van der Waals surface area (Å²) in [6.45, 7) is -8.67. The number of amides is 1. The average Bonchev–Trinajstić information content (AvgIpc) is 0.833. The third-order valence-electron chi connectivity index (χ3n) is 15.1. The van der Waals surface area contributed by atoms with Crippen molar-refractivity contribution in [1.82, 2.24) is 5.06 Å². The lowest BCUT2D eigenvalue weighted by atomic mass is 9.98. The summed E-state index contributed by atoms with van der Waals surface area (Å²) >= 11 is 20.8. The lowest BCUT2D eigenvalue weighted by Crippen LogP contribution is -2.25. The molecule has 0 spiro atoms. The fraction of sp³-hybridized carbons (Fsp3) is 0.273. The van der Waals surface area contributed by atoms with Crippen LogP contribution in [-0.4, -0.2) is 117 Å². The van der Waals surface area contributed by atoms with Crippen molar-refractivity contribution < 1.29 is 135 Å². The number of halogens is 27. The SMILES string of the molecule is C#Cc1ccc(OC(F)F)cc1.CN=C(N)N.CON(C)C(=O)c1cccc(Br)c1.FC(F)(F)CCBr.FC(F)(F)CCCc1cccc(Br)c1.FC(F)Oc1ccc(C#Cc2cccc(CCCC(F)(F)F)c2)cc1.O=C(C(=O)c1cccc(CCCC(F)(F)F)c1)c1ccc(OC(F)F)cc1.O=C(CCC(F)(F)F)c1cccc(Br)c1.O=C(Cl)c1cccc(Br)c1. The number of aryl methyl sites for hydroxylation is 3. The van der Waals surface area contributed by atoms with E-state index >= 15 is 0 Å². The van der Waals surface area contributed by atoms with Crippen LogP contribution in [0.3, 0.4) is 0 Å². The Hall–Kier alpha value is -9.90. The molecule has 9 aromatic rings. The minimum Gasteiger partial charge on any atom is -0.435 e. The lowest BCUT2D eigenvalue weighted by Gasteiger charge is -2.13. The van der Waals surface area contributed by atoms with E-state index in [9.17, 15) is 116 Å². The summed E-state index contributed by atoms with van der Waals surface area (Å²) in [6.07, 6.45) is -19.4. The van der Waals surface area contributed by atoms with Crippen LogP contribution in [-0.2, 0) is 24.1 Å². The largest absolute Gasteiger partial charge is 0.435 e. The van der Waals surface area contributed by atoms with E-state index in [-0.39, 0.29) is 71.3 Å². The molecule has 0 saturated heterocycles. The Morgan fingerprint density at radius 2 is 0.750 bits per heavy atom. The topological polar surface area (TPSA) is 190 Å². The Labute approximate surface area is 770 Å². The molecule has 0 saturated carbocycles. The van der Waals surface area contributed by atoms with Gasteiger partial charge in [0.15, 0.2) is 11.7 Å². The van der Waals surface area contributed by atoms with Crippen LogP contribution in [0.25, 0.3) is 0 Å². The van der Waals surface area contributed by atoms with Crippen LogP contribution in [0, 0.1) is 24.2 Å². The molecule has 0 fully saturated rings. The van der Waals surface area contributed by atoms with Crippen LogP contribution >= 0.6 is 91.3 Å². The summed E-state index contributed by atoms with van der Waals surface area (Å²) in [7, 11) is 4.56. The molecule has 0 aliphatic rings. The molecule has 694 valence electrons. The number of carbonyl (C=O) groups is 5. The first-order valence-corrected chi connectivity index (χ1v) is 41.2. The molecule has 9 aromatic carbocycles. The quantitative estimate of drug-likeness (QED) is 0.00637. The van der Waals surface area contributed by atoms with Crippen molar-refractivity contribution in [3.63, 3.8) is 0 Å². The number of nitrogens with two attached hydrogens (primary N) is 2. The van der Waals surface area contributed by atoms with Crippen molar-refractivity contribution in [2.45, 2.75) is 128 Å². The number of benzene rings is 9. The van der Waals surface area contributed by atoms with Gasteiger partial charge in [-0.2, -0.15) is 92.2 Å². The fourth-order valence-electron chi connectivity index (χ4n) is 9.16. The van der Waals surface area contributed by atoms with Crippen LogP contribution in [0.2, 0.25) is 0 Å². The van der Waals surface area contributed by atoms with E-state index < -0.39 is 112 Å². The zero-order valence-electron chi connectivity index (χ0n) is 67.2. The maximum atomic E-state index is 12.3.